The van der Waals surface area contributed by atoms with Gasteiger partial charge >= 0.3 is 11.7 Å². The van der Waals surface area contributed by atoms with Gasteiger partial charge in [0.2, 0.25) is 5.88 Å². The predicted octanol–water partition coefficient (Wildman–Crippen LogP) is 0.311. The van der Waals surface area contributed by atoms with Gasteiger partial charge in [-0.15, -0.1) is 0 Å². The number of fused-ring (bicyclic) bond motifs is 1. The number of aromatic nitrogens is 6. The van der Waals surface area contributed by atoms with Crippen LogP contribution in [0, 0.1) is 0 Å². The molecule has 4 aromatic rings. The van der Waals surface area contributed by atoms with Crippen LogP contribution in [-0.2, 0) is 0 Å². The van der Waals surface area contributed by atoms with Gasteiger partial charge in [0.25, 0.3) is 5.62 Å². The van der Waals surface area contributed by atoms with Crippen molar-refractivity contribution in [2.24, 2.45) is 4.99 Å². The molecule has 1 saturated carbocycles. The number of aliphatic hydroxyl groups excluding tert-OH is 1. The average molecular weight is 451 g/mol. The van der Waals surface area contributed by atoms with Gasteiger partial charge in [0, 0.05) is 5.22 Å². The molecule has 1 aliphatic rings. The van der Waals surface area contributed by atoms with Gasteiger partial charge in [-0.2, -0.15) is 19.6 Å². The number of aromatic amines is 2. The highest BCUT2D eigenvalue weighted by Crippen LogP contribution is 2.32. The van der Waals surface area contributed by atoms with E-state index in [2.05, 4.69) is 30.0 Å². The van der Waals surface area contributed by atoms with Crippen LogP contribution >= 0.6 is 0 Å². The molecule has 0 spiro atoms. The second kappa shape index (κ2) is 8.06. The minimum absolute atomic E-state index is 0.0203. The smallest absolute Gasteiger partial charge is 0.327 e. The first-order chi connectivity index (χ1) is 15.9. The van der Waals surface area contributed by atoms with E-state index in [0.29, 0.717) is 33.5 Å². The Morgan fingerprint density at radius 2 is 2.09 bits per heavy atom. The number of hydrogen-bond acceptors (Lipinski definition) is 9. The van der Waals surface area contributed by atoms with E-state index in [-0.39, 0.29) is 23.6 Å². The number of aliphatic hydroxyl groups is 1. The van der Waals surface area contributed by atoms with Crippen molar-refractivity contribution < 1.29 is 19.7 Å². The zero-order valence-corrected chi connectivity index (χ0v) is 17.8. The summed E-state index contributed by atoms with van der Waals surface area (Å²) in [5, 5.41) is 24.6. The molecule has 1 fully saturated rings. The maximum Gasteiger partial charge on any atom is 0.327 e. The summed E-state index contributed by atoms with van der Waals surface area (Å²) in [6, 6.07) is 5.25. The summed E-state index contributed by atoms with van der Waals surface area (Å²) >= 11 is 0. The molecule has 170 valence electrons. The molecule has 1 unspecified atom stereocenters. The lowest BCUT2D eigenvalue weighted by atomic mass is 10.1. The van der Waals surface area contributed by atoms with Crippen LogP contribution in [0.5, 0.6) is 23.4 Å². The highest BCUT2D eigenvalue weighted by Gasteiger charge is 2.21. The molecule has 0 saturated heterocycles. The maximum absolute atomic E-state index is 11.5. The largest absolute Gasteiger partial charge is 0.493 e. The Bertz CT molecular complexity index is 1510. The Kier molecular flexibility index (Phi) is 5.05. The van der Waals surface area contributed by atoms with Gasteiger partial charge in [-0.3, -0.25) is 4.98 Å². The van der Waals surface area contributed by atoms with Crippen molar-refractivity contribution in [3.05, 3.63) is 57.0 Å². The lowest BCUT2D eigenvalue weighted by molar-refractivity contribution is 0.198. The quantitative estimate of drug-likeness (QED) is 0.325. The predicted molar refractivity (Wildman–Crippen MR) is 115 cm³/mol. The number of rotatable bonds is 6. The van der Waals surface area contributed by atoms with E-state index in [1.54, 1.807) is 25.1 Å². The summed E-state index contributed by atoms with van der Waals surface area (Å²) in [7, 11) is 1.50. The summed E-state index contributed by atoms with van der Waals surface area (Å²) in [5.41, 5.74) is 1.02. The first kappa shape index (κ1) is 20.7. The molecular weight excluding hydrogens is 430 g/mol. The molecule has 0 aliphatic heterocycles. The van der Waals surface area contributed by atoms with Crippen molar-refractivity contribution in [3.8, 4) is 23.4 Å². The molecule has 33 heavy (non-hydrogen) atoms. The van der Waals surface area contributed by atoms with Crippen molar-refractivity contribution in [2.45, 2.75) is 31.9 Å². The molecule has 0 bridgehead atoms. The highest BCUT2D eigenvalue weighted by molar-refractivity contribution is 5.56. The Hall–Kier alpha value is -4.19. The van der Waals surface area contributed by atoms with E-state index < -0.39 is 11.8 Å². The number of nitrogens with one attached hydrogen (secondary N) is 2. The number of benzene rings is 1. The van der Waals surface area contributed by atoms with E-state index in [1.807, 2.05) is 0 Å². The molecule has 12 nitrogen and oxygen atoms in total. The second-order valence-electron chi connectivity index (χ2n) is 7.68. The normalized spacial score (nSPS) is 15.8. The Morgan fingerprint density at radius 3 is 2.76 bits per heavy atom. The molecule has 3 heterocycles. The lowest BCUT2D eigenvalue weighted by Gasteiger charge is -2.12. The van der Waals surface area contributed by atoms with Crippen molar-refractivity contribution in [1.82, 2.24) is 29.5 Å². The van der Waals surface area contributed by atoms with Crippen molar-refractivity contribution in [2.75, 3.05) is 7.11 Å². The van der Waals surface area contributed by atoms with Crippen LogP contribution < -0.4 is 26.0 Å². The first-order valence-electron chi connectivity index (χ1n) is 10.3. The van der Waals surface area contributed by atoms with Gasteiger partial charge in [0.1, 0.15) is 5.69 Å². The number of aromatic hydroxyl groups is 1. The standard InChI is InChI=1S/C21H21N7O5/c1-10(29)11-3-6-15(16(8-11)32-2)33-21-25-17-12(7-14-18(30)26-20(31)24-14)9-22-28(17)19(27-21)23-13-4-5-13/h3,6-10,13,29-30H,4-5H2,1-2H3,(H2,24,26,31). The minimum atomic E-state index is -0.661. The van der Waals surface area contributed by atoms with Gasteiger partial charge in [-0.05, 0) is 43.5 Å². The molecule has 0 amide bonds. The third-order valence-electron chi connectivity index (χ3n) is 5.11. The first-order valence-corrected chi connectivity index (χ1v) is 10.3. The zero-order valence-electron chi connectivity index (χ0n) is 17.8. The minimum Gasteiger partial charge on any atom is -0.493 e. The molecule has 12 heteroatoms. The van der Waals surface area contributed by atoms with Gasteiger partial charge in [0.15, 0.2) is 17.1 Å². The molecule has 5 rings (SSSR count). The summed E-state index contributed by atoms with van der Waals surface area (Å²) in [6.07, 6.45) is 4.34. The van der Waals surface area contributed by atoms with E-state index in [1.165, 1.54) is 23.9 Å². The van der Waals surface area contributed by atoms with Crippen LogP contribution in [-0.4, -0.2) is 52.9 Å². The number of methoxy groups -OCH3 is 1. The van der Waals surface area contributed by atoms with E-state index in [4.69, 9.17) is 9.47 Å². The van der Waals surface area contributed by atoms with Crippen LogP contribution in [0.4, 0.5) is 0 Å². The van der Waals surface area contributed by atoms with E-state index >= 15 is 0 Å². The van der Waals surface area contributed by atoms with Gasteiger partial charge in [0.05, 0.1) is 25.5 Å². The SMILES string of the molecule is COc1cc(C(C)O)ccc1Oc1nc(=NC2CC2)n2ncc(=Cc3[nH]c(=O)[nH]c3O)c2n1. The average Bonchev–Trinajstić information content (AvgIpc) is 3.42. The molecule has 1 aromatic carbocycles. The number of ether oxygens (including phenoxy) is 2. The van der Waals surface area contributed by atoms with Crippen molar-refractivity contribution in [1.29, 1.82) is 0 Å². The van der Waals surface area contributed by atoms with E-state index in [9.17, 15) is 15.0 Å². The van der Waals surface area contributed by atoms with Crippen LogP contribution in [0.25, 0.3) is 11.7 Å². The van der Waals surface area contributed by atoms with Gasteiger partial charge in [-0.25, -0.2) is 9.79 Å². The number of hydrogen-bond donors (Lipinski definition) is 4. The second-order valence-corrected chi connectivity index (χ2v) is 7.68. The summed E-state index contributed by atoms with van der Waals surface area (Å²) in [6.45, 7) is 1.66. The van der Waals surface area contributed by atoms with Crippen LogP contribution in [0.2, 0.25) is 0 Å². The molecule has 0 radical (unpaired) electrons. The highest BCUT2D eigenvalue weighted by atomic mass is 16.5. The van der Waals surface area contributed by atoms with Crippen molar-refractivity contribution in [3.63, 3.8) is 0 Å². The molecule has 1 atom stereocenters. The third-order valence-corrected chi connectivity index (χ3v) is 5.11. The number of imidazole rings is 1. The van der Waals surface area contributed by atoms with Crippen LogP contribution in [0.15, 0.2) is 34.2 Å². The van der Waals surface area contributed by atoms with Crippen LogP contribution in [0.3, 0.4) is 0 Å². The summed E-state index contributed by atoms with van der Waals surface area (Å²) in [5.74, 6) is 0.477. The summed E-state index contributed by atoms with van der Waals surface area (Å²) in [4.78, 5) is 29.7. The summed E-state index contributed by atoms with van der Waals surface area (Å²) < 4.78 is 12.8. The topological polar surface area (TPSA) is 163 Å². The Morgan fingerprint density at radius 1 is 1.27 bits per heavy atom. The molecular formula is C21H21N7O5. The fourth-order valence-electron chi connectivity index (χ4n) is 3.23. The fourth-order valence-corrected chi connectivity index (χ4v) is 3.23. The van der Waals surface area contributed by atoms with E-state index in [0.717, 1.165) is 12.8 Å². The maximum atomic E-state index is 11.5. The fraction of sp³-hybridized carbons (Fsp3) is 0.286. The van der Waals surface area contributed by atoms with Crippen LogP contribution in [0.1, 0.15) is 37.1 Å². The molecule has 3 aromatic heterocycles. The monoisotopic (exact) mass is 451 g/mol. The van der Waals surface area contributed by atoms with Gasteiger partial charge < -0.3 is 24.7 Å². The number of nitrogens with zero attached hydrogens (tertiary/aromatic N) is 5. The zero-order chi connectivity index (χ0) is 23.1. The molecule has 1 aliphatic carbocycles. The Labute approximate surface area is 185 Å². The van der Waals surface area contributed by atoms with Crippen molar-refractivity contribution >= 4 is 11.7 Å². The van der Waals surface area contributed by atoms with Gasteiger partial charge in [-0.1, -0.05) is 6.07 Å². The Balaban J connectivity index is 1.64. The molecule has 4 N–H and O–H groups in total. The third kappa shape index (κ3) is 4.15. The lowest BCUT2D eigenvalue weighted by Crippen LogP contribution is -2.23. The number of H-pyrrole nitrogens is 2.